The van der Waals surface area contributed by atoms with Crippen LogP contribution in [0, 0.1) is 10.1 Å². The molecule has 0 unspecified atom stereocenters. The lowest BCUT2D eigenvalue weighted by molar-refractivity contribution is -0.384. The number of nitro groups is 1. The molecule has 0 spiro atoms. The van der Waals surface area contributed by atoms with Crippen LogP contribution in [0.4, 0.5) is 5.69 Å². The van der Waals surface area contributed by atoms with Crippen LogP contribution in [0.5, 0.6) is 0 Å². The van der Waals surface area contributed by atoms with Crippen molar-refractivity contribution in [3.05, 3.63) is 87.9 Å². The minimum atomic E-state index is -0.431. The van der Waals surface area contributed by atoms with Crippen molar-refractivity contribution >= 4 is 17.3 Å². The molecule has 0 aliphatic heterocycles. The van der Waals surface area contributed by atoms with Crippen molar-refractivity contribution in [1.82, 2.24) is 0 Å². The number of nitrogens with zero attached hydrogens (tertiary/aromatic N) is 1. The highest BCUT2D eigenvalue weighted by Crippen LogP contribution is 2.40. The number of hydrogen-bond acceptors (Lipinski definition) is 2. The Labute approximate surface area is 133 Å². The van der Waals surface area contributed by atoms with Gasteiger partial charge in [-0.2, -0.15) is 0 Å². The zero-order chi connectivity index (χ0) is 15.5. The Balaban J connectivity index is 2.28. The van der Waals surface area contributed by atoms with Crippen molar-refractivity contribution in [2.45, 2.75) is 0 Å². The number of rotatable bonds is 3. The molecule has 3 nitrogen and oxygen atoms in total. The molecule has 0 N–H and O–H groups in total. The number of halogens is 1. The maximum Gasteiger partial charge on any atom is 0.295 e. The van der Waals surface area contributed by atoms with Gasteiger partial charge in [-0.05, 0) is 28.8 Å². The molecule has 0 bridgehead atoms. The van der Waals surface area contributed by atoms with E-state index in [4.69, 9.17) is 11.6 Å². The molecular formula is C18H12ClNO2. The van der Waals surface area contributed by atoms with Gasteiger partial charge >= 0.3 is 0 Å². The summed E-state index contributed by atoms with van der Waals surface area (Å²) in [6, 6.07) is 22.4. The first-order valence-corrected chi connectivity index (χ1v) is 7.14. The van der Waals surface area contributed by atoms with Gasteiger partial charge in [0.05, 0.1) is 10.5 Å². The van der Waals surface area contributed by atoms with Crippen LogP contribution in [-0.4, -0.2) is 4.92 Å². The molecule has 0 amide bonds. The lowest BCUT2D eigenvalue weighted by Gasteiger charge is -2.11. The van der Waals surface area contributed by atoms with Crippen LogP contribution in [-0.2, 0) is 0 Å². The third-order valence-corrected chi connectivity index (χ3v) is 3.78. The maximum absolute atomic E-state index is 11.4. The summed E-state index contributed by atoms with van der Waals surface area (Å²) >= 11 is 6.03. The number of benzene rings is 3. The smallest absolute Gasteiger partial charge is 0.258 e. The molecule has 22 heavy (non-hydrogen) atoms. The van der Waals surface area contributed by atoms with E-state index in [0.29, 0.717) is 5.56 Å². The van der Waals surface area contributed by atoms with Crippen molar-refractivity contribution in [3.63, 3.8) is 0 Å². The molecule has 108 valence electrons. The average molecular weight is 310 g/mol. The quantitative estimate of drug-likeness (QED) is 0.468. The molecule has 0 saturated carbocycles. The summed E-state index contributed by atoms with van der Waals surface area (Å²) in [5.41, 5.74) is 3.20. The van der Waals surface area contributed by atoms with E-state index >= 15 is 0 Å². The molecule has 0 fully saturated rings. The van der Waals surface area contributed by atoms with Crippen molar-refractivity contribution < 1.29 is 4.92 Å². The van der Waals surface area contributed by atoms with Gasteiger partial charge in [-0.1, -0.05) is 72.3 Å². The van der Waals surface area contributed by atoms with E-state index in [1.807, 2.05) is 54.6 Å². The first-order chi connectivity index (χ1) is 10.7. The average Bonchev–Trinajstić information content (AvgIpc) is 2.55. The van der Waals surface area contributed by atoms with E-state index in [-0.39, 0.29) is 10.7 Å². The normalized spacial score (nSPS) is 10.4. The Morgan fingerprint density at radius 2 is 1.32 bits per heavy atom. The summed E-state index contributed by atoms with van der Waals surface area (Å²) in [5.74, 6) is 0. The highest BCUT2D eigenvalue weighted by molar-refractivity contribution is 6.33. The Hall–Kier alpha value is -2.65. The summed E-state index contributed by atoms with van der Waals surface area (Å²) in [5, 5.41) is 11.5. The Morgan fingerprint density at radius 1 is 0.727 bits per heavy atom. The van der Waals surface area contributed by atoms with Gasteiger partial charge in [0.25, 0.3) is 5.69 Å². The van der Waals surface area contributed by atoms with E-state index in [9.17, 15) is 10.1 Å². The topological polar surface area (TPSA) is 43.1 Å². The van der Waals surface area contributed by atoms with Crippen LogP contribution < -0.4 is 0 Å². The van der Waals surface area contributed by atoms with Crippen LogP contribution in [0.1, 0.15) is 0 Å². The molecule has 4 heteroatoms. The Morgan fingerprint density at radius 3 is 2.00 bits per heavy atom. The molecule has 0 atom stereocenters. The van der Waals surface area contributed by atoms with Crippen LogP contribution in [0.3, 0.4) is 0 Å². The fraction of sp³-hybridized carbons (Fsp3) is 0. The van der Waals surface area contributed by atoms with Gasteiger partial charge in [0.15, 0.2) is 0 Å². The standard InChI is InChI=1S/C18H12ClNO2/c19-17-12-6-11-16(18(17)20(21)22)15-10-5-4-9-14(15)13-7-2-1-3-8-13/h1-12H. The van der Waals surface area contributed by atoms with Gasteiger partial charge in [0, 0.05) is 0 Å². The summed E-state index contributed by atoms with van der Waals surface area (Å²) in [6.45, 7) is 0. The highest BCUT2D eigenvalue weighted by atomic mass is 35.5. The Bertz CT molecular complexity index is 832. The minimum absolute atomic E-state index is 0.0625. The van der Waals surface area contributed by atoms with Crippen LogP contribution in [0.15, 0.2) is 72.8 Å². The van der Waals surface area contributed by atoms with Crippen molar-refractivity contribution in [2.24, 2.45) is 0 Å². The highest BCUT2D eigenvalue weighted by Gasteiger charge is 2.21. The summed E-state index contributed by atoms with van der Waals surface area (Å²) in [7, 11) is 0. The van der Waals surface area contributed by atoms with Crippen molar-refractivity contribution in [2.75, 3.05) is 0 Å². The van der Waals surface area contributed by atoms with Gasteiger partial charge in [0.1, 0.15) is 5.02 Å². The molecule has 0 radical (unpaired) electrons. The third kappa shape index (κ3) is 2.59. The molecule has 3 aromatic rings. The van der Waals surface area contributed by atoms with Crippen molar-refractivity contribution in [1.29, 1.82) is 0 Å². The number of hydrogen-bond donors (Lipinski definition) is 0. The fourth-order valence-electron chi connectivity index (χ4n) is 2.51. The van der Waals surface area contributed by atoms with E-state index in [1.54, 1.807) is 12.1 Å². The first kappa shape index (κ1) is 14.3. The molecule has 0 aliphatic rings. The van der Waals surface area contributed by atoms with Crippen molar-refractivity contribution in [3.8, 4) is 22.3 Å². The van der Waals surface area contributed by atoms with E-state index in [0.717, 1.165) is 16.7 Å². The van der Waals surface area contributed by atoms with Crippen LogP contribution >= 0.6 is 11.6 Å². The van der Waals surface area contributed by atoms with E-state index in [2.05, 4.69) is 0 Å². The monoisotopic (exact) mass is 309 g/mol. The molecule has 3 aromatic carbocycles. The van der Waals surface area contributed by atoms with Crippen LogP contribution in [0.25, 0.3) is 22.3 Å². The maximum atomic E-state index is 11.4. The van der Waals surface area contributed by atoms with E-state index in [1.165, 1.54) is 6.07 Å². The molecule has 0 saturated heterocycles. The number of para-hydroxylation sites is 1. The lowest BCUT2D eigenvalue weighted by atomic mass is 9.94. The van der Waals surface area contributed by atoms with Gasteiger partial charge in [0.2, 0.25) is 0 Å². The molecule has 0 heterocycles. The second kappa shape index (κ2) is 6.00. The van der Waals surface area contributed by atoms with Crippen LogP contribution in [0.2, 0.25) is 5.02 Å². The Kier molecular flexibility index (Phi) is 3.90. The zero-order valence-corrected chi connectivity index (χ0v) is 12.3. The largest absolute Gasteiger partial charge is 0.295 e. The third-order valence-electron chi connectivity index (χ3n) is 3.47. The second-order valence-corrected chi connectivity index (χ2v) is 5.21. The minimum Gasteiger partial charge on any atom is -0.258 e. The molecule has 0 aromatic heterocycles. The summed E-state index contributed by atoms with van der Waals surface area (Å²) in [6.07, 6.45) is 0. The zero-order valence-electron chi connectivity index (χ0n) is 11.6. The summed E-state index contributed by atoms with van der Waals surface area (Å²) < 4.78 is 0. The molecular weight excluding hydrogens is 298 g/mol. The predicted octanol–water partition coefficient (Wildman–Crippen LogP) is 5.58. The SMILES string of the molecule is O=[N+]([O-])c1c(Cl)cccc1-c1ccccc1-c1ccccc1. The predicted molar refractivity (Wildman–Crippen MR) is 89.0 cm³/mol. The van der Waals surface area contributed by atoms with Gasteiger partial charge in [-0.15, -0.1) is 0 Å². The molecule has 0 aliphatic carbocycles. The first-order valence-electron chi connectivity index (χ1n) is 6.76. The summed E-state index contributed by atoms with van der Waals surface area (Å²) in [4.78, 5) is 11.0. The lowest BCUT2D eigenvalue weighted by Crippen LogP contribution is -1.94. The van der Waals surface area contributed by atoms with E-state index < -0.39 is 4.92 Å². The van der Waals surface area contributed by atoms with Gasteiger partial charge in [-0.3, -0.25) is 10.1 Å². The number of nitro benzene ring substituents is 1. The molecule has 3 rings (SSSR count). The second-order valence-electron chi connectivity index (χ2n) is 4.80. The fourth-order valence-corrected chi connectivity index (χ4v) is 2.75. The van der Waals surface area contributed by atoms with Gasteiger partial charge in [-0.25, -0.2) is 0 Å². The van der Waals surface area contributed by atoms with Gasteiger partial charge < -0.3 is 0 Å².